The largest absolute Gasteiger partial charge is 0.377 e. The molecule has 2 aliphatic rings. The topological polar surface area (TPSA) is 24.5 Å². The number of nitrogens with one attached hydrogen (secondary N) is 1. The molecule has 0 aromatic carbocycles. The van der Waals surface area contributed by atoms with E-state index in [1.165, 1.54) is 45.2 Å². The Morgan fingerprint density at radius 3 is 2.94 bits per heavy atom. The van der Waals surface area contributed by atoms with Crippen LogP contribution in [0.2, 0.25) is 0 Å². The molecule has 0 spiro atoms. The van der Waals surface area contributed by atoms with Crippen molar-refractivity contribution >= 4 is 0 Å². The molecule has 1 heterocycles. The molecule has 0 aromatic heterocycles. The smallest absolute Gasteiger partial charge is 0.0674 e. The van der Waals surface area contributed by atoms with Crippen LogP contribution in [0.25, 0.3) is 0 Å². The number of hydrogen-bond donors (Lipinski definition) is 1. The van der Waals surface area contributed by atoms with Gasteiger partial charge < -0.3 is 10.1 Å². The predicted molar refractivity (Wildman–Crippen MR) is 71.3 cm³/mol. The first-order valence-electron chi connectivity index (χ1n) is 7.38. The summed E-state index contributed by atoms with van der Waals surface area (Å²) >= 11 is 0. The maximum absolute atomic E-state index is 5.74. The van der Waals surface area contributed by atoms with Gasteiger partial charge in [0.25, 0.3) is 0 Å². The normalized spacial score (nSPS) is 28.9. The van der Waals surface area contributed by atoms with Gasteiger partial charge in [0.05, 0.1) is 6.10 Å². The van der Waals surface area contributed by atoms with Crippen molar-refractivity contribution < 1.29 is 4.74 Å². The molecule has 17 heavy (non-hydrogen) atoms. The van der Waals surface area contributed by atoms with E-state index in [-0.39, 0.29) is 0 Å². The van der Waals surface area contributed by atoms with Crippen molar-refractivity contribution in [2.45, 2.75) is 64.1 Å². The van der Waals surface area contributed by atoms with E-state index < -0.39 is 0 Å². The van der Waals surface area contributed by atoms with Gasteiger partial charge in [0.15, 0.2) is 0 Å². The van der Waals surface area contributed by atoms with Gasteiger partial charge in [-0.25, -0.2) is 0 Å². The van der Waals surface area contributed by atoms with E-state index in [0.717, 1.165) is 19.2 Å². The van der Waals surface area contributed by atoms with E-state index in [1.54, 1.807) is 0 Å². The molecule has 1 N–H and O–H groups in total. The van der Waals surface area contributed by atoms with Gasteiger partial charge in [-0.1, -0.05) is 13.3 Å². The summed E-state index contributed by atoms with van der Waals surface area (Å²) in [6.07, 6.45) is 6.96. The Labute approximate surface area is 106 Å². The van der Waals surface area contributed by atoms with Crippen LogP contribution >= 0.6 is 0 Å². The summed E-state index contributed by atoms with van der Waals surface area (Å²) in [4.78, 5) is 2.65. The molecule has 3 heteroatoms. The second-order valence-corrected chi connectivity index (χ2v) is 5.65. The van der Waals surface area contributed by atoms with Crippen LogP contribution in [0, 0.1) is 0 Å². The van der Waals surface area contributed by atoms with Gasteiger partial charge in [-0.2, -0.15) is 0 Å². The Hall–Kier alpha value is -0.120. The van der Waals surface area contributed by atoms with Crippen molar-refractivity contribution in [1.29, 1.82) is 0 Å². The average Bonchev–Trinajstić information content (AvgIpc) is 3.12. The van der Waals surface area contributed by atoms with Crippen molar-refractivity contribution in [1.82, 2.24) is 10.2 Å². The maximum atomic E-state index is 5.74. The van der Waals surface area contributed by atoms with Crippen molar-refractivity contribution in [3.8, 4) is 0 Å². The number of nitrogens with zero attached hydrogens (tertiary/aromatic N) is 1. The molecule has 0 amide bonds. The third-order valence-electron chi connectivity index (χ3n) is 3.84. The molecule has 1 saturated heterocycles. The number of hydrogen-bond acceptors (Lipinski definition) is 3. The predicted octanol–water partition coefficient (Wildman–Crippen LogP) is 2.02. The SMILES string of the molecule is CCCC(CNC1CC1)N1CCCOC(C)C1. The lowest BCUT2D eigenvalue weighted by Crippen LogP contribution is -2.45. The monoisotopic (exact) mass is 240 g/mol. The summed E-state index contributed by atoms with van der Waals surface area (Å²) in [5.41, 5.74) is 0. The summed E-state index contributed by atoms with van der Waals surface area (Å²) in [5.74, 6) is 0. The highest BCUT2D eigenvalue weighted by atomic mass is 16.5. The van der Waals surface area contributed by atoms with Crippen molar-refractivity contribution in [2.24, 2.45) is 0 Å². The van der Waals surface area contributed by atoms with E-state index in [9.17, 15) is 0 Å². The zero-order chi connectivity index (χ0) is 12.1. The minimum atomic E-state index is 0.401. The highest BCUT2D eigenvalue weighted by molar-refractivity contribution is 4.85. The van der Waals surface area contributed by atoms with Crippen molar-refractivity contribution in [3.63, 3.8) is 0 Å². The Bertz CT molecular complexity index is 218. The molecule has 2 rings (SSSR count). The van der Waals surface area contributed by atoms with Gasteiger partial charge in [-0.15, -0.1) is 0 Å². The molecule has 0 radical (unpaired) electrons. The first kappa shape index (κ1) is 13.3. The Morgan fingerprint density at radius 1 is 1.41 bits per heavy atom. The fraction of sp³-hybridized carbons (Fsp3) is 1.00. The second-order valence-electron chi connectivity index (χ2n) is 5.65. The fourth-order valence-electron chi connectivity index (χ4n) is 2.70. The van der Waals surface area contributed by atoms with Crippen LogP contribution in [-0.2, 0) is 4.74 Å². The first-order valence-corrected chi connectivity index (χ1v) is 7.38. The van der Waals surface area contributed by atoms with Crippen LogP contribution in [0.4, 0.5) is 0 Å². The van der Waals surface area contributed by atoms with Crippen LogP contribution in [-0.4, -0.2) is 49.3 Å². The van der Waals surface area contributed by atoms with E-state index in [4.69, 9.17) is 4.74 Å². The molecule has 0 aromatic rings. The highest BCUT2D eigenvalue weighted by Crippen LogP contribution is 2.20. The van der Waals surface area contributed by atoms with Crippen LogP contribution < -0.4 is 5.32 Å². The summed E-state index contributed by atoms with van der Waals surface area (Å²) < 4.78 is 5.74. The lowest BCUT2D eigenvalue weighted by Gasteiger charge is -2.31. The van der Waals surface area contributed by atoms with Gasteiger partial charge >= 0.3 is 0 Å². The van der Waals surface area contributed by atoms with E-state index in [2.05, 4.69) is 24.1 Å². The molecule has 100 valence electrons. The molecule has 1 aliphatic carbocycles. The molecule has 3 nitrogen and oxygen atoms in total. The summed E-state index contributed by atoms with van der Waals surface area (Å²) in [5, 5.41) is 3.69. The summed E-state index contributed by atoms with van der Waals surface area (Å²) in [6.45, 7) is 8.92. The van der Waals surface area contributed by atoms with Gasteiger partial charge in [-0.05, 0) is 32.6 Å². The number of rotatable bonds is 6. The highest BCUT2D eigenvalue weighted by Gasteiger charge is 2.25. The van der Waals surface area contributed by atoms with Crippen molar-refractivity contribution in [3.05, 3.63) is 0 Å². The van der Waals surface area contributed by atoms with Crippen LogP contribution in [0.15, 0.2) is 0 Å². The summed E-state index contributed by atoms with van der Waals surface area (Å²) in [6, 6.07) is 1.54. The van der Waals surface area contributed by atoms with Crippen LogP contribution in [0.1, 0.15) is 46.0 Å². The maximum Gasteiger partial charge on any atom is 0.0674 e. The molecule has 1 saturated carbocycles. The molecule has 2 fully saturated rings. The zero-order valence-corrected chi connectivity index (χ0v) is 11.5. The lowest BCUT2D eigenvalue weighted by molar-refractivity contribution is 0.0595. The average molecular weight is 240 g/mol. The quantitative estimate of drug-likeness (QED) is 0.769. The van der Waals surface area contributed by atoms with Crippen LogP contribution in [0.3, 0.4) is 0 Å². The van der Waals surface area contributed by atoms with E-state index >= 15 is 0 Å². The minimum Gasteiger partial charge on any atom is -0.377 e. The van der Waals surface area contributed by atoms with Crippen LogP contribution in [0.5, 0.6) is 0 Å². The molecule has 2 atom stereocenters. The molecule has 1 aliphatic heterocycles. The van der Waals surface area contributed by atoms with E-state index in [0.29, 0.717) is 12.1 Å². The molecular formula is C14H28N2O. The van der Waals surface area contributed by atoms with Gasteiger partial charge in [0.1, 0.15) is 0 Å². The lowest BCUT2D eigenvalue weighted by atomic mass is 10.1. The minimum absolute atomic E-state index is 0.401. The van der Waals surface area contributed by atoms with Gasteiger partial charge in [-0.3, -0.25) is 4.90 Å². The van der Waals surface area contributed by atoms with Gasteiger partial charge in [0.2, 0.25) is 0 Å². The third kappa shape index (κ3) is 4.57. The fourth-order valence-corrected chi connectivity index (χ4v) is 2.70. The Morgan fingerprint density at radius 2 is 2.24 bits per heavy atom. The molecule has 0 bridgehead atoms. The molecule has 2 unspecified atom stereocenters. The molecular weight excluding hydrogens is 212 g/mol. The summed E-state index contributed by atoms with van der Waals surface area (Å²) in [7, 11) is 0. The third-order valence-corrected chi connectivity index (χ3v) is 3.84. The second kappa shape index (κ2) is 6.72. The zero-order valence-electron chi connectivity index (χ0n) is 11.5. The van der Waals surface area contributed by atoms with E-state index in [1.807, 2.05) is 0 Å². The first-order chi connectivity index (χ1) is 8.29. The van der Waals surface area contributed by atoms with Gasteiger partial charge in [0, 0.05) is 38.3 Å². The number of ether oxygens (including phenoxy) is 1. The van der Waals surface area contributed by atoms with Crippen molar-refractivity contribution in [2.75, 3.05) is 26.2 Å². The Kier molecular flexibility index (Phi) is 5.26. The Balaban J connectivity index is 1.82. The standard InChI is InChI=1S/C14H28N2O/c1-3-5-14(10-15-13-6-7-13)16-8-4-9-17-12(2)11-16/h12-15H,3-11H2,1-2H3.